The average molecular weight is 243 g/mol. The summed E-state index contributed by atoms with van der Waals surface area (Å²) in [5, 5.41) is 7.99. The Hall–Kier alpha value is -2.14. The largest absolute Gasteiger partial charge is 0.367 e. The van der Waals surface area contributed by atoms with Gasteiger partial charge in [-0.3, -0.25) is 4.98 Å². The molecule has 0 atom stereocenters. The van der Waals surface area contributed by atoms with E-state index < -0.39 is 0 Å². The van der Waals surface area contributed by atoms with Gasteiger partial charge in [-0.15, -0.1) is 0 Å². The number of nitrogens with zero attached hydrogens (tertiary/aromatic N) is 2. The summed E-state index contributed by atoms with van der Waals surface area (Å²) in [6, 6.07) is 7.64. The molecule has 5 heteroatoms. The Morgan fingerprint density at radius 3 is 2.88 bits per heavy atom. The topological polar surface area (TPSA) is 64.9 Å². The molecule has 0 saturated heterocycles. The molecule has 0 unspecified atom stereocenters. The fourth-order valence-electron chi connectivity index (χ4n) is 1.66. The molecule has 0 radical (unpaired) electrons. The van der Waals surface area contributed by atoms with Crippen LogP contribution in [-0.2, 0) is 0 Å². The summed E-state index contributed by atoms with van der Waals surface area (Å²) in [6.45, 7) is 0. The van der Waals surface area contributed by atoms with Gasteiger partial charge >= 0.3 is 0 Å². The molecular weight excluding hydrogens is 234 g/mol. The van der Waals surface area contributed by atoms with E-state index in [1.165, 1.54) is 0 Å². The molecule has 0 amide bonds. The number of nitrogen functional groups attached to an aromatic ring is 1. The van der Waals surface area contributed by atoms with Crippen molar-refractivity contribution in [3.63, 3.8) is 0 Å². The molecule has 0 aliphatic rings. The van der Waals surface area contributed by atoms with Crippen molar-refractivity contribution in [3.8, 4) is 22.5 Å². The Labute approximate surface area is 102 Å². The molecule has 0 saturated carbocycles. The molecule has 0 aliphatic carbocycles. The number of rotatable bonds is 2. The van der Waals surface area contributed by atoms with E-state index in [-0.39, 0.29) is 0 Å². The van der Waals surface area contributed by atoms with Crippen LogP contribution in [0.15, 0.2) is 45.7 Å². The molecule has 0 bridgehead atoms. The summed E-state index contributed by atoms with van der Waals surface area (Å²) >= 11 is 1.60. The predicted octanol–water partition coefficient (Wildman–Crippen LogP) is 3.05. The second-order valence-electron chi connectivity index (χ2n) is 3.50. The quantitative estimate of drug-likeness (QED) is 0.751. The third kappa shape index (κ3) is 1.70. The minimum atomic E-state index is 0.296. The van der Waals surface area contributed by atoms with Crippen LogP contribution in [0.25, 0.3) is 22.5 Å². The van der Waals surface area contributed by atoms with Gasteiger partial charge in [0.15, 0.2) is 0 Å². The summed E-state index contributed by atoms with van der Waals surface area (Å²) in [4.78, 5) is 4.28. The minimum absolute atomic E-state index is 0.296. The van der Waals surface area contributed by atoms with E-state index in [0.717, 1.165) is 22.5 Å². The molecule has 0 fully saturated rings. The highest BCUT2D eigenvalue weighted by Crippen LogP contribution is 2.35. The van der Waals surface area contributed by atoms with Crippen molar-refractivity contribution in [1.29, 1.82) is 0 Å². The van der Waals surface area contributed by atoms with E-state index in [1.807, 2.05) is 35.0 Å². The van der Waals surface area contributed by atoms with E-state index in [4.69, 9.17) is 10.3 Å². The fraction of sp³-hybridized carbons (Fsp3) is 0. The molecule has 3 rings (SSSR count). The van der Waals surface area contributed by atoms with Crippen LogP contribution in [-0.4, -0.2) is 10.1 Å². The van der Waals surface area contributed by atoms with Crippen LogP contribution in [0, 0.1) is 0 Å². The first-order chi connectivity index (χ1) is 8.36. The predicted molar refractivity (Wildman–Crippen MR) is 67.5 cm³/mol. The molecule has 0 aliphatic heterocycles. The first-order valence-corrected chi connectivity index (χ1v) is 5.99. The van der Waals surface area contributed by atoms with Gasteiger partial charge in [-0.1, -0.05) is 11.2 Å². The van der Waals surface area contributed by atoms with E-state index in [2.05, 4.69) is 10.1 Å². The maximum Gasteiger partial charge on any atom is 0.232 e. The molecule has 4 nitrogen and oxygen atoms in total. The van der Waals surface area contributed by atoms with E-state index in [1.54, 1.807) is 17.5 Å². The first-order valence-electron chi connectivity index (χ1n) is 5.05. The van der Waals surface area contributed by atoms with Crippen molar-refractivity contribution >= 4 is 17.2 Å². The van der Waals surface area contributed by atoms with Crippen molar-refractivity contribution < 1.29 is 4.52 Å². The highest BCUT2D eigenvalue weighted by molar-refractivity contribution is 7.08. The molecule has 0 aromatic carbocycles. The van der Waals surface area contributed by atoms with Crippen LogP contribution in [0.4, 0.5) is 5.88 Å². The highest BCUT2D eigenvalue weighted by atomic mass is 32.1. The Morgan fingerprint density at radius 1 is 1.24 bits per heavy atom. The number of hydrogen-bond donors (Lipinski definition) is 1. The van der Waals surface area contributed by atoms with E-state index in [9.17, 15) is 0 Å². The molecular formula is C12H9N3OS. The Bertz CT molecular complexity index is 617. The smallest absolute Gasteiger partial charge is 0.232 e. The average Bonchev–Trinajstić information content (AvgIpc) is 2.98. The molecule has 17 heavy (non-hydrogen) atoms. The molecule has 3 heterocycles. The Morgan fingerprint density at radius 2 is 2.18 bits per heavy atom. The number of pyridine rings is 1. The van der Waals surface area contributed by atoms with Gasteiger partial charge in [0.05, 0.1) is 11.3 Å². The van der Waals surface area contributed by atoms with Gasteiger partial charge in [-0.2, -0.15) is 11.3 Å². The number of aromatic nitrogens is 2. The van der Waals surface area contributed by atoms with Crippen molar-refractivity contribution in [2.24, 2.45) is 0 Å². The second-order valence-corrected chi connectivity index (χ2v) is 4.28. The lowest BCUT2D eigenvalue weighted by atomic mass is 10.1. The zero-order valence-electron chi connectivity index (χ0n) is 8.83. The van der Waals surface area contributed by atoms with Crippen LogP contribution >= 0.6 is 11.3 Å². The van der Waals surface area contributed by atoms with Gasteiger partial charge in [-0.25, -0.2) is 0 Å². The van der Waals surface area contributed by atoms with Crippen molar-refractivity contribution in [2.75, 3.05) is 5.73 Å². The molecule has 84 valence electrons. The molecule has 2 N–H and O–H groups in total. The van der Waals surface area contributed by atoms with Gasteiger partial charge in [0, 0.05) is 17.1 Å². The maximum atomic E-state index is 5.81. The SMILES string of the molecule is Nc1onc(-c2ccsc2)c1-c1ccccn1. The lowest BCUT2D eigenvalue weighted by molar-refractivity contribution is 0.439. The summed E-state index contributed by atoms with van der Waals surface area (Å²) in [5.41, 5.74) is 9.07. The number of anilines is 1. The number of nitrogens with two attached hydrogens (primary N) is 1. The normalized spacial score (nSPS) is 10.6. The lowest BCUT2D eigenvalue weighted by Crippen LogP contribution is -1.89. The summed E-state index contributed by atoms with van der Waals surface area (Å²) in [5.74, 6) is 0.296. The van der Waals surface area contributed by atoms with Crippen LogP contribution in [0.3, 0.4) is 0 Å². The first kappa shape index (κ1) is 10.0. The summed E-state index contributed by atoms with van der Waals surface area (Å²) < 4.78 is 5.07. The Kier molecular flexibility index (Phi) is 2.38. The maximum absolute atomic E-state index is 5.81. The molecule has 3 aromatic heterocycles. The number of thiophene rings is 1. The van der Waals surface area contributed by atoms with Crippen molar-refractivity contribution in [2.45, 2.75) is 0 Å². The van der Waals surface area contributed by atoms with E-state index in [0.29, 0.717) is 5.88 Å². The third-order valence-electron chi connectivity index (χ3n) is 2.43. The van der Waals surface area contributed by atoms with Gasteiger partial charge < -0.3 is 10.3 Å². The lowest BCUT2D eigenvalue weighted by Gasteiger charge is -1.99. The fourth-order valence-corrected chi connectivity index (χ4v) is 2.30. The van der Waals surface area contributed by atoms with Gasteiger partial charge in [0.1, 0.15) is 5.69 Å². The second kappa shape index (κ2) is 4.03. The summed E-state index contributed by atoms with van der Waals surface area (Å²) in [6.07, 6.45) is 1.72. The van der Waals surface area contributed by atoms with Crippen molar-refractivity contribution in [3.05, 3.63) is 41.2 Å². The van der Waals surface area contributed by atoms with Gasteiger partial charge in [0.2, 0.25) is 5.88 Å². The van der Waals surface area contributed by atoms with Crippen LogP contribution in [0.5, 0.6) is 0 Å². The van der Waals surface area contributed by atoms with Crippen LogP contribution < -0.4 is 5.73 Å². The van der Waals surface area contributed by atoms with Crippen LogP contribution in [0.1, 0.15) is 0 Å². The number of hydrogen-bond acceptors (Lipinski definition) is 5. The highest BCUT2D eigenvalue weighted by Gasteiger charge is 2.18. The summed E-state index contributed by atoms with van der Waals surface area (Å²) in [7, 11) is 0. The minimum Gasteiger partial charge on any atom is -0.367 e. The van der Waals surface area contributed by atoms with Gasteiger partial charge in [0.25, 0.3) is 0 Å². The molecule has 0 spiro atoms. The zero-order chi connectivity index (χ0) is 11.7. The Balaban J connectivity index is 2.20. The van der Waals surface area contributed by atoms with E-state index >= 15 is 0 Å². The standard InChI is InChI=1S/C12H9N3OS/c13-12-10(9-3-1-2-5-14-9)11(15-16-12)8-4-6-17-7-8/h1-7H,13H2. The third-order valence-corrected chi connectivity index (χ3v) is 3.12. The molecule has 3 aromatic rings. The zero-order valence-corrected chi connectivity index (χ0v) is 9.65. The van der Waals surface area contributed by atoms with Crippen molar-refractivity contribution in [1.82, 2.24) is 10.1 Å². The van der Waals surface area contributed by atoms with Crippen LogP contribution in [0.2, 0.25) is 0 Å². The monoisotopic (exact) mass is 243 g/mol. The van der Waals surface area contributed by atoms with Gasteiger partial charge in [-0.05, 0) is 23.6 Å².